The fraction of sp³-hybridized carbons (Fsp3) is 0.312. The Bertz CT molecular complexity index is 733. The summed E-state index contributed by atoms with van der Waals surface area (Å²) in [6, 6.07) is 8.67. The fourth-order valence-corrected chi connectivity index (χ4v) is 2.23. The molecule has 0 aliphatic rings. The van der Waals surface area contributed by atoms with E-state index in [1.165, 1.54) is 6.07 Å². The van der Waals surface area contributed by atoms with Crippen LogP contribution in [-0.2, 0) is 19.6 Å². The van der Waals surface area contributed by atoms with Crippen LogP contribution in [-0.4, -0.2) is 14.7 Å². The number of ether oxygens (including phenoxy) is 1. The topological polar surface area (TPSA) is 94.9 Å². The molecule has 0 saturated heterocycles. The van der Waals surface area contributed by atoms with E-state index in [1.807, 2.05) is 26.0 Å². The Balaban J connectivity index is 2.49. The molecule has 0 bridgehead atoms. The van der Waals surface area contributed by atoms with Crippen molar-refractivity contribution in [2.45, 2.75) is 33.4 Å². The zero-order valence-electron chi connectivity index (χ0n) is 12.5. The van der Waals surface area contributed by atoms with Crippen LogP contribution in [0.1, 0.15) is 36.5 Å². The van der Waals surface area contributed by atoms with E-state index in [0.29, 0.717) is 41.5 Å². The van der Waals surface area contributed by atoms with Crippen molar-refractivity contribution in [1.29, 1.82) is 10.5 Å². The summed E-state index contributed by atoms with van der Waals surface area (Å²) in [5.41, 5.74) is 1.45. The van der Waals surface area contributed by atoms with Gasteiger partial charge in [-0.25, -0.2) is 4.98 Å². The van der Waals surface area contributed by atoms with E-state index in [1.54, 1.807) is 16.7 Å². The van der Waals surface area contributed by atoms with Gasteiger partial charge < -0.3 is 9.84 Å². The summed E-state index contributed by atoms with van der Waals surface area (Å²) in [4.78, 5) is 4.36. The van der Waals surface area contributed by atoms with Gasteiger partial charge in [-0.2, -0.15) is 10.5 Å². The Morgan fingerprint density at radius 1 is 1.18 bits per heavy atom. The first-order chi connectivity index (χ1) is 10.7. The van der Waals surface area contributed by atoms with Crippen LogP contribution < -0.4 is 4.74 Å². The van der Waals surface area contributed by atoms with E-state index in [4.69, 9.17) is 15.3 Å². The van der Waals surface area contributed by atoms with E-state index >= 15 is 0 Å². The van der Waals surface area contributed by atoms with Crippen molar-refractivity contribution in [1.82, 2.24) is 9.55 Å². The number of benzene rings is 1. The maximum absolute atomic E-state index is 9.39. The molecule has 1 aromatic heterocycles. The molecule has 0 amide bonds. The number of hydrogen-bond donors (Lipinski definition) is 1. The summed E-state index contributed by atoms with van der Waals surface area (Å²) >= 11 is 0. The van der Waals surface area contributed by atoms with Crippen LogP contribution in [0.2, 0.25) is 0 Å². The van der Waals surface area contributed by atoms with Gasteiger partial charge in [0.05, 0.1) is 23.3 Å². The fourth-order valence-electron chi connectivity index (χ4n) is 2.23. The van der Waals surface area contributed by atoms with Crippen LogP contribution in [0.5, 0.6) is 11.6 Å². The van der Waals surface area contributed by atoms with Gasteiger partial charge in [0.15, 0.2) is 0 Å². The second-order valence-electron chi connectivity index (χ2n) is 4.61. The molecule has 6 heteroatoms. The van der Waals surface area contributed by atoms with E-state index in [0.717, 1.165) is 5.69 Å². The number of aliphatic hydroxyl groups is 1. The Morgan fingerprint density at radius 3 is 2.27 bits per heavy atom. The molecule has 2 rings (SSSR count). The molecule has 0 spiro atoms. The first-order valence-corrected chi connectivity index (χ1v) is 6.99. The predicted molar refractivity (Wildman–Crippen MR) is 79.1 cm³/mol. The average molecular weight is 296 g/mol. The molecule has 0 aliphatic heterocycles. The lowest BCUT2D eigenvalue weighted by atomic mass is 10.1. The number of nitriles is 2. The molecule has 2 aromatic rings. The summed E-state index contributed by atoms with van der Waals surface area (Å²) in [6.45, 7) is 4.30. The number of nitrogens with zero attached hydrogens (tertiary/aromatic N) is 4. The van der Waals surface area contributed by atoms with Gasteiger partial charge in [0.25, 0.3) is 0 Å². The molecular weight excluding hydrogens is 280 g/mol. The van der Waals surface area contributed by atoms with E-state index in [9.17, 15) is 5.11 Å². The van der Waals surface area contributed by atoms with Gasteiger partial charge in [0.2, 0.25) is 5.88 Å². The Morgan fingerprint density at radius 2 is 1.82 bits per heavy atom. The monoisotopic (exact) mass is 296 g/mol. The molecule has 0 aliphatic carbocycles. The van der Waals surface area contributed by atoms with Crippen LogP contribution in [0.3, 0.4) is 0 Å². The molecule has 0 fully saturated rings. The standard InChI is InChI=1S/C16H16N4O2/c1-3-14-16(20(4-2)15(10-21)19-14)22-13-6-11(8-17)5-12(7-13)9-18/h5-7,21H,3-4,10H2,1-2H3. The molecule has 6 nitrogen and oxygen atoms in total. The molecule has 22 heavy (non-hydrogen) atoms. The van der Waals surface area contributed by atoms with Gasteiger partial charge in [-0.15, -0.1) is 0 Å². The van der Waals surface area contributed by atoms with E-state index < -0.39 is 0 Å². The Labute approximate surface area is 128 Å². The minimum absolute atomic E-state index is 0.175. The number of rotatable bonds is 5. The molecule has 1 heterocycles. The minimum Gasteiger partial charge on any atom is -0.439 e. The van der Waals surface area contributed by atoms with Gasteiger partial charge >= 0.3 is 0 Å². The number of hydrogen-bond acceptors (Lipinski definition) is 5. The number of aryl methyl sites for hydroxylation is 1. The highest BCUT2D eigenvalue weighted by Gasteiger charge is 2.17. The summed E-state index contributed by atoms with van der Waals surface area (Å²) in [5, 5.41) is 27.4. The third-order valence-corrected chi connectivity index (χ3v) is 3.24. The van der Waals surface area contributed by atoms with Crippen LogP contribution in [0, 0.1) is 22.7 Å². The second-order valence-corrected chi connectivity index (χ2v) is 4.61. The molecule has 112 valence electrons. The van der Waals surface area contributed by atoms with Crippen molar-refractivity contribution in [2.75, 3.05) is 0 Å². The lowest BCUT2D eigenvalue weighted by Gasteiger charge is -2.11. The van der Waals surface area contributed by atoms with Crippen molar-refractivity contribution in [3.8, 4) is 23.8 Å². The molecule has 0 saturated carbocycles. The normalized spacial score (nSPS) is 10.0. The van der Waals surface area contributed by atoms with Crippen LogP contribution in [0.15, 0.2) is 18.2 Å². The number of aliphatic hydroxyl groups excluding tert-OH is 1. The molecule has 1 aromatic carbocycles. The summed E-state index contributed by atoms with van der Waals surface area (Å²) < 4.78 is 7.66. The van der Waals surface area contributed by atoms with E-state index in [2.05, 4.69) is 4.98 Å². The maximum atomic E-state index is 9.39. The SMILES string of the molecule is CCc1nc(CO)n(CC)c1Oc1cc(C#N)cc(C#N)c1. The Hall–Kier alpha value is -2.83. The highest BCUT2D eigenvalue weighted by Crippen LogP contribution is 2.29. The summed E-state index contributed by atoms with van der Waals surface area (Å²) in [7, 11) is 0. The largest absolute Gasteiger partial charge is 0.439 e. The number of imidazole rings is 1. The maximum Gasteiger partial charge on any atom is 0.223 e. The van der Waals surface area contributed by atoms with E-state index in [-0.39, 0.29) is 6.61 Å². The Kier molecular flexibility index (Phi) is 4.77. The smallest absolute Gasteiger partial charge is 0.223 e. The van der Waals surface area contributed by atoms with Crippen LogP contribution in [0.25, 0.3) is 0 Å². The molecule has 0 unspecified atom stereocenters. The van der Waals surface area contributed by atoms with Gasteiger partial charge in [-0.3, -0.25) is 4.57 Å². The van der Waals surface area contributed by atoms with Crippen molar-refractivity contribution in [3.63, 3.8) is 0 Å². The quantitative estimate of drug-likeness (QED) is 0.914. The zero-order chi connectivity index (χ0) is 16.1. The lowest BCUT2D eigenvalue weighted by molar-refractivity contribution is 0.263. The summed E-state index contributed by atoms with van der Waals surface area (Å²) in [6.07, 6.45) is 0.651. The molecule has 1 N–H and O–H groups in total. The summed E-state index contributed by atoms with van der Waals surface area (Å²) in [5.74, 6) is 1.48. The van der Waals surface area contributed by atoms with Gasteiger partial charge in [-0.05, 0) is 31.5 Å². The van der Waals surface area contributed by atoms with Crippen molar-refractivity contribution < 1.29 is 9.84 Å². The second kappa shape index (κ2) is 6.75. The zero-order valence-corrected chi connectivity index (χ0v) is 12.5. The third-order valence-electron chi connectivity index (χ3n) is 3.24. The molecule has 0 atom stereocenters. The molecular formula is C16H16N4O2. The minimum atomic E-state index is -0.175. The van der Waals surface area contributed by atoms with Crippen LogP contribution in [0.4, 0.5) is 0 Å². The number of aromatic nitrogens is 2. The van der Waals surface area contributed by atoms with Gasteiger partial charge in [-0.1, -0.05) is 6.92 Å². The highest BCUT2D eigenvalue weighted by molar-refractivity contribution is 5.46. The third kappa shape index (κ3) is 2.93. The first kappa shape index (κ1) is 15.6. The predicted octanol–water partition coefficient (Wildman–Crippen LogP) is 2.49. The lowest BCUT2D eigenvalue weighted by Crippen LogP contribution is -2.04. The highest BCUT2D eigenvalue weighted by atomic mass is 16.5. The average Bonchev–Trinajstić information content (AvgIpc) is 2.90. The van der Waals surface area contributed by atoms with Gasteiger partial charge in [0, 0.05) is 6.54 Å². The first-order valence-electron chi connectivity index (χ1n) is 6.99. The van der Waals surface area contributed by atoms with Gasteiger partial charge in [0.1, 0.15) is 23.9 Å². The molecule has 0 radical (unpaired) electrons. The van der Waals surface area contributed by atoms with Crippen molar-refractivity contribution in [3.05, 3.63) is 40.8 Å². The van der Waals surface area contributed by atoms with Crippen molar-refractivity contribution >= 4 is 0 Å². The van der Waals surface area contributed by atoms with Crippen LogP contribution >= 0.6 is 0 Å². The van der Waals surface area contributed by atoms with Crippen molar-refractivity contribution in [2.24, 2.45) is 0 Å².